The van der Waals surface area contributed by atoms with Gasteiger partial charge in [-0.25, -0.2) is 13.1 Å². The maximum Gasteiger partial charge on any atom is 0.241 e. The Morgan fingerprint density at radius 3 is 2.33 bits per heavy atom. The zero-order valence-electron chi connectivity index (χ0n) is 18.7. The molecule has 30 heavy (non-hydrogen) atoms. The topological polar surface area (TPSA) is 58.2 Å². The molecule has 160 valence electrons. The summed E-state index contributed by atoms with van der Waals surface area (Å²) in [6.07, 6.45) is 5.49. The first-order valence-electron chi connectivity index (χ1n) is 10.7. The Morgan fingerprint density at radius 2 is 1.70 bits per heavy atom. The van der Waals surface area contributed by atoms with Crippen LogP contribution in [0.3, 0.4) is 0 Å². The Labute approximate surface area is 180 Å². The predicted molar refractivity (Wildman–Crippen MR) is 124 cm³/mol. The van der Waals surface area contributed by atoms with Gasteiger partial charge in [0.1, 0.15) is 0 Å². The third-order valence-corrected chi connectivity index (χ3v) is 7.89. The first-order chi connectivity index (χ1) is 14.0. The number of hydrogen-bond donors (Lipinski definition) is 2. The number of anilines is 1. The van der Waals surface area contributed by atoms with Crippen molar-refractivity contribution in [2.45, 2.75) is 70.4 Å². The summed E-state index contributed by atoms with van der Waals surface area (Å²) in [4.78, 5) is 0.332. The van der Waals surface area contributed by atoms with Crippen molar-refractivity contribution < 1.29 is 8.42 Å². The minimum absolute atomic E-state index is 0.216. The summed E-state index contributed by atoms with van der Waals surface area (Å²) in [5.74, 6) is 0.599. The highest BCUT2D eigenvalue weighted by Crippen LogP contribution is 2.51. The first-order valence-corrected chi connectivity index (χ1v) is 12.1. The number of rotatable bonds is 3. The fourth-order valence-electron chi connectivity index (χ4n) is 5.17. The van der Waals surface area contributed by atoms with E-state index in [4.69, 9.17) is 0 Å². The normalized spacial score (nSPS) is 23.1. The van der Waals surface area contributed by atoms with Gasteiger partial charge in [0.2, 0.25) is 10.0 Å². The molecule has 0 amide bonds. The maximum atomic E-state index is 12.9. The van der Waals surface area contributed by atoms with E-state index >= 15 is 0 Å². The van der Waals surface area contributed by atoms with E-state index in [9.17, 15) is 8.42 Å². The molecule has 1 heterocycles. The average molecular weight is 425 g/mol. The lowest BCUT2D eigenvalue weighted by Crippen LogP contribution is -2.40. The zero-order chi connectivity index (χ0) is 21.8. The molecular weight excluding hydrogens is 392 g/mol. The molecule has 2 aromatic carbocycles. The van der Waals surface area contributed by atoms with E-state index in [-0.39, 0.29) is 12.0 Å². The van der Waals surface area contributed by atoms with Crippen LogP contribution in [0.2, 0.25) is 0 Å². The molecule has 4 nitrogen and oxygen atoms in total. The summed E-state index contributed by atoms with van der Waals surface area (Å²) in [6.45, 7) is 12.1. The summed E-state index contributed by atoms with van der Waals surface area (Å²) < 4.78 is 28.5. The maximum absolute atomic E-state index is 12.9. The van der Waals surface area contributed by atoms with Crippen LogP contribution in [-0.4, -0.2) is 14.0 Å². The van der Waals surface area contributed by atoms with Crippen LogP contribution in [0.1, 0.15) is 67.0 Å². The molecule has 0 bridgehead atoms. The summed E-state index contributed by atoms with van der Waals surface area (Å²) in [7, 11) is -3.57. The van der Waals surface area contributed by atoms with Crippen molar-refractivity contribution in [3.8, 4) is 0 Å². The van der Waals surface area contributed by atoms with Gasteiger partial charge in [0.25, 0.3) is 0 Å². The molecule has 0 fully saturated rings. The number of fused-ring (bicyclic) bond motifs is 3. The molecule has 0 radical (unpaired) electrons. The standard InChI is InChI=1S/C25H32N2O2S/c1-15-12-16(2)23(17(3)13-15)24-20-9-7-8-19(20)21-14-18(10-11-22(21)26-24)30(28,29)27-25(4,5)6/h7-8,10-14,19-20,24,26-27H,9H2,1-6H3. The number of benzene rings is 2. The van der Waals surface area contributed by atoms with Crippen LogP contribution in [0.5, 0.6) is 0 Å². The number of sulfonamides is 1. The Hall–Kier alpha value is -2.11. The molecule has 3 unspecified atom stereocenters. The molecule has 3 atom stereocenters. The lowest BCUT2D eigenvalue weighted by Gasteiger charge is -2.39. The molecule has 1 aliphatic carbocycles. The second kappa shape index (κ2) is 7.24. The van der Waals surface area contributed by atoms with Crippen molar-refractivity contribution in [2.75, 3.05) is 5.32 Å². The largest absolute Gasteiger partial charge is 0.378 e. The summed E-state index contributed by atoms with van der Waals surface area (Å²) in [5.41, 5.74) is 6.86. The highest BCUT2D eigenvalue weighted by molar-refractivity contribution is 7.89. The molecule has 5 heteroatoms. The number of hydrogen-bond acceptors (Lipinski definition) is 3. The van der Waals surface area contributed by atoms with Crippen LogP contribution in [0.25, 0.3) is 0 Å². The van der Waals surface area contributed by atoms with Crippen LogP contribution in [0, 0.1) is 26.7 Å². The van der Waals surface area contributed by atoms with E-state index in [1.807, 2.05) is 32.9 Å². The number of nitrogens with one attached hydrogen (secondary N) is 2. The second-order valence-corrected chi connectivity index (χ2v) is 11.6. The van der Waals surface area contributed by atoms with Gasteiger partial charge in [-0.2, -0.15) is 0 Å². The Kier molecular flexibility index (Phi) is 5.10. The molecule has 2 aliphatic rings. The van der Waals surface area contributed by atoms with Crippen LogP contribution >= 0.6 is 0 Å². The fraction of sp³-hybridized carbons (Fsp3) is 0.440. The SMILES string of the molecule is Cc1cc(C)c(C2Nc3ccc(S(=O)(=O)NC(C)(C)C)cc3C3C=CCC32)c(C)c1. The van der Waals surface area contributed by atoms with Crippen molar-refractivity contribution in [3.63, 3.8) is 0 Å². The lowest BCUT2D eigenvalue weighted by molar-refractivity contribution is 0.422. The van der Waals surface area contributed by atoms with Crippen molar-refractivity contribution in [2.24, 2.45) is 5.92 Å². The minimum Gasteiger partial charge on any atom is -0.378 e. The van der Waals surface area contributed by atoms with E-state index in [0.717, 1.165) is 17.7 Å². The van der Waals surface area contributed by atoms with Gasteiger partial charge in [0.15, 0.2) is 0 Å². The van der Waals surface area contributed by atoms with E-state index in [0.29, 0.717) is 10.8 Å². The summed E-state index contributed by atoms with van der Waals surface area (Å²) in [6, 6.07) is 10.2. The molecule has 0 saturated carbocycles. The third-order valence-electron chi connectivity index (χ3n) is 6.13. The fourth-order valence-corrected chi connectivity index (χ4v) is 6.62. The quantitative estimate of drug-likeness (QED) is 0.638. The second-order valence-electron chi connectivity index (χ2n) is 9.89. The number of aryl methyl sites for hydroxylation is 3. The molecule has 1 aliphatic heterocycles. The summed E-state index contributed by atoms with van der Waals surface area (Å²) >= 11 is 0. The van der Waals surface area contributed by atoms with Crippen molar-refractivity contribution in [1.29, 1.82) is 0 Å². The molecule has 0 aromatic heterocycles. The van der Waals surface area contributed by atoms with Gasteiger partial charge in [-0.1, -0.05) is 29.8 Å². The van der Waals surface area contributed by atoms with Crippen LogP contribution in [0.15, 0.2) is 47.4 Å². The van der Waals surface area contributed by atoms with Gasteiger partial charge in [0, 0.05) is 17.1 Å². The smallest absolute Gasteiger partial charge is 0.241 e. The predicted octanol–water partition coefficient (Wildman–Crippen LogP) is 5.52. The molecule has 2 N–H and O–H groups in total. The van der Waals surface area contributed by atoms with Crippen molar-refractivity contribution in [3.05, 3.63) is 70.3 Å². The van der Waals surface area contributed by atoms with E-state index < -0.39 is 15.6 Å². The first kappa shape index (κ1) is 21.1. The van der Waals surface area contributed by atoms with E-state index in [1.165, 1.54) is 22.3 Å². The monoisotopic (exact) mass is 424 g/mol. The van der Waals surface area contributed by atoms with Crippen LogP contribution < -0.4 is 10.0 Å². The highest BCUT2D eigenvalue weighted by Gasteiger charge is 2.39. The van der Waals surface area contributed by atoms with E-state index in [1.54, 1.807) is 6.07 Å². The molecule has 4 rings (SSSR count). The molecule has 2 aromatic rings. The average Bonchev–Trinajstić information content (AvgIpc) is 3.08. The van der Waals surface area contributed by atoms with Gasteiger partial charge in [0.05, 0.1) is 10.9 Å². The minimum atomic E-state index is -3.57. The lowest BCUT2D eigenvalue weighted by atomic mass is 9.75. The molecular formula is C25H32N2O2S. The number of allylic oxidation sites excluding steroid dienone is 2. The van der Waals surface area contributed by atoms with Crippen LogP contribution in [-0.2, 0) is 10.0 Å². The van der Waals surface area contributed by atoms with E-state index in [2.05, 4.69) is 55.1 Å². The Morgan fingerprint density at radius 1 is 1.03 bits per heavy atom. The molecule has 0 saturated heterocycles. The summed E-state index contributed by atoms with van der Waals surface area (Å²) in [5, 5.41) is 3.76. The Balaban J connectivity index is 1.77. The third kappa shape index (κ3) is 3.81. The molecule has 0 spiro atoms. The van der Waals surface area contributed by atoms with Gasteiger partial charge < -0.3 is 5.32 Å². The van der Waals surface area contributed by atoms with Gasteiger partial charge in [-0.15, -0.1) is 0 Å². The zero-order valence-corrected chi connectivity index (χ0v) is 19.5. The van der Waals surface area contributed by atoms with Crippen molar-refractivity contribution >= 4 is 15.7 Å². The van der Waals surface area contributed by atoms with Crippen molar-refractivity contribution in [1.82, 2.24) is 4.72 Å². The van der Waals surface area contributed by atoms with Gasteiger partial charge >= 0.3 is 0 Å². The van der Waals surface area contributed by atoms with Crippen LogP contribution in [0.4, 0.5) is 5.69 Å². The van der Waals surface area contributed by atoms with Gasteiger partial charge in [-0.05, 0) is 94.3 Å². The highest BCUT2D eigenvalue weighted by atomic mass is 32.2. The van der Waals surface area contributed by atoms with Gasteiger partial charge in [-0.3, -0.25) is 0 Å². The Bertz CT molecular complexity index is 1100.